The van der Waals surface area contributed by atoms with Gasteiger partial charge in [-0.1, -0.05) is 0 Å². The molecule has 1 heterocycles. The third kappa shape index (κ3) is 2.83. The summed E-state index contributed by atoms with van der Waals surface area (Å²) in [5.74, 6) is 3.38. The minimum absolute atomic E-state index is 0.0644. The van der Waals surface area contributed by atoms with Gasteiger partial charge in [0.2, 0.25) is 5.91 Å². The molecule has 0 radical (unpaired) electrons. The van der Waals surface area contributed by atoms with Crippen LogP contribution in [-0.2, 0) is 10.3 Å². The molecule has 178 valence electrons. The molecule has 8 nitrogen and oxygen atoms in total. The maximum absolute atomic E-state index is 14.4. The van der Waals surface area contributed by atoms with E-state index in [4.69, 9.17) is 0 Å². The van der Waals surface area contributed by atoms with E-state index in [-0.39, 0.29) is 22.4 Å². The molecule has 8 saturated carbocycles. The zero-order valence-electron chi connectivity index (χ0n) is 19.2. The molecule has 1 aromatic rings. The van der Waals surface area contributed by atoms with E-state index in [1.165, 1.54) is 44.9 Å². The van der Waals surface area contributed by atoms with Gasteiger partial charge in [0.1, 0.15) is 0 Å². The minimum Gasteiger partial charge on any atom is -0.390 e. The van der Waals surface area contributed by atoms with Crippen molar-refractivity contribution in [1.29, 1.82) is 0 Å². The summed E-state index contributed by atoms with van der Waals surface area (Å²) < 4.78 is 2.20. The Morgan fingerprint density at radius 1 is 1.00 bits per heavy atom. The summed E-state index contributed by atoms with van der Waals surface area (Å²) in [6.45, 7) is 0. The first-order valence-corrected chi connectivity index (χ1v) is 13.5. The third-order valence-electron chi connectivity index (χ3n) is 10.7. The van der Waals surface area contributed by atoms with Crippen LogP contribution in [0.25, 0.3) is 0 Å². The van der Waals surface area contributed by atoms with Gasteiger partial charge < -0.3 is 15.0 Å². The van der Waals surface area contributed by atoms with Gasteiger partial charge in [0, 0.05) is 33.6 Å². The van der Waals surface area contributed by atoms with Crippen LogP contribution < -0.4 is 0 Å². The van der Waals surface area contributed by atoms with E-state index in [2.05, 4.69) is 38.0 Å². The summed E-state index contributed by atoms with van der Waals surface area (Å²) in [5, 5.41) is 15.7. The van der Waals surface area contributed by atoms with E-state index < -0.39 is 4.92 Å². The molecule has 0 spiro atoms. The number of carbonyl (C=O) groups is 1. The lowest BCUT2D eigenvalue weighted by Crippen LogP contribution is -2.66. The lowest BCUT2D eigenvalue weighted by molar-refractivity contribution is -0.394. The van der Waals surface area contributed by atoms with Gasteiger partial charge in [-0.15, -0.1) is 0 Å². The predicted molar refractivity (Wildman–Crippen MR) is 123 cm³/mol. The van der Waals surface area contributed by atoms with E-state index in [0.29, 0.717) is 22.5 Å². The first-order valence-electron chi connectivity index (χ1n) is 12.8. The fraction of sp³-hybridized carbons (Fsp3) is 0.875. The fourth-order valence-electron chi connectivity index (χ4n) is 10.4. The Labute approximate surface area is 202 Å². The van der Waals surface area contributed by atoms with Gasteiger partial charge in [0.25, 0.3) is 4.73 Å². The van der Waals surface area contributed by atoms with Gasteiger partial charge >= 0.3 is 5.95 Å². The largest absolute Gasteiger partial charge is 0.492 e. The highest BCUT2D eigenvalue weighted by molar-refractivity contribution is 9.10. The van der Waals surface area contributed by atoms with Gasteiger partial charge in [-0.25, -0.2) is 0 Å². The second-order valence-corrected chi connectivity index (χ2v) is 13.5. The summed E-state index contributed by atoms with van der Waals surface area (Å²) in [4.78, 5) is 31.6. The van der Waals surface area contributed by atoms with E-state index in [1.54, 1.807) is 4.68 Å². The third-order valence-corrected chi connectivity index (χ3v) is 11.2. The molecule has 2 unspecified atom stereocenters. The zero-order chi connectivity index (χ0) is 22.8. The van der Waals surface area contributed by atoms with Crippen molar-refractivity contribution < 1.29 is 9.72 Å². The van der Waals surface area contributed by atoms with Crippen LogP contribution in [0.2, 0.25) is 0 Å². The van der Waals surface area contributed by atoms with Crippen molar-refractivity contribution in [3.8, 4) is 0 Å². The molecule has 0 saturated heterocycles. The van der Waals surface area contributed by atoms with Gasteiger partial charge in [0.15, 0.2) is 0 Å². The zero-order valence-corrected chi connectivity index (χ0v) is 20.8. The molecule has 8 fully saturated rings. The molecular weight excluding hydrogens is 486 g/mol. The van der Waals surface area contributed by atoms with Crippen molar-refractivity contribution in [2.75, 3.05) is 7.05 Å². The van der Waals surface area contributed by atoms with Crippen LogP contribution in [0.5, 0.6) is 0 Å². The fourth-order valence-corrected chi connectivity index (χ4v) is 11.0. The van der Waals surface area contributed by atoms with Crippen molar-refractivity contribution in [3.63, 3.8) is 0 Å². The summed E-state index contributed by atoms with van der Waals surface area (Å²) in [6, 6.07) is 0. The van der Waals surface area contributed by atoms with Crippen molar-refractivity contribution >= 4 is 27.8 Å². The van der Waals surface area contributed by atoms with Crippen molar-refractivity contribution in [2.45, 2.75) is 88.1 Å². The van der Waals surface area contributed by atoms with E-state index in [0.717, 1.165) is 49.9 Å². The normalized spacial score (nSPS) is 46.7. The van der Waals surface area contributed by atoms with Crippen LogP contribution in [0.3, 0.4) is 0 Å². The second kappa shape index (κ2) is 6.58. The number of rotatable bonds is 4. The number of aromatic nitrogens is 3. The molecular formula is C24H32BrN5O3. The summed E-state index contributed by atoms with van der Waals surface area (Å²) in [5.41, 5.74) is -0.639. The summed E-state index contributed by atoms with van der Waals surface area (Å²) in [7, 11) is 2.11. The molecule has 8 aliphatic rings. The molecule has 4 atom stereocenters. The van der Waals surface area contributed by atoms with Crippen LogP contribution in [-0.4, -0.2) is 43.1 Å². The van der Waals surface area contributed by atoms with Gasteiger partial charge in [0.05, 0.1) is 11.0 Å². The lowest BCUT2D eigenvalue weighted by Gasteiger charge is -2.64. The van der Waals surface area contributed by atoms with Crippen LogP contribution in [0.15, 0.2) is 4.73 Å². The highest BCUT2D eigenvalue weighted by Crippen LogP contribution is 2.66. The minimum atomic E-state index is -0.524. The first-order chi connectivity index (χ1) is 15.7. The van der Waals surface area contributed by atoms with E-state index in [1.807, 2.05) is 0 Å². The standard InChI is InChI=1S/C24H32BrN5O3/c1-28(23-8-14-2-15(9-23)4-16(3-14)10-23)19(31)22-6-17-5-18(7-22)12-24(11-17,13-22)29-20(25)26-21(27-29)30(32)33/h14-18H,2-13H2,1H3/t14?,15?,16?,17-,18+,22?,23?,24?. The Morgan fingerprint density at radius 2 is 1.55 bits per heavy atom. The molecule has 8 bridgehead atoms. The molecule has 0 aliphatic heterocycles. The van der Waals surface area contributed by atoms with Crippen LogP contribution in [0, 0.1) is 45.1 Å². The quantitative estimate of drug-likeness (QED) is 0.427. The topological polar surface area (TPSA) is 94.2 Å². The van der Waals surface area contributed by atoms with Gasteiger partial charge in [-0.3, -0.25) is 4.79 Å². The highest BCUT2D eigenvalue weighted by Gasteiger charge is 2.65. The number of hydrogen-bond donors (Lipinski definition) is 0. The van der Waals surface area contributed by atoms with Crippen molar-refractivity contribution in [1.82, 2.24) is 19.7 Å². The van der Waals surface area contributed by atoms with E-state index in [9.17, 15) is 14.9 Å². The second-order valence-electron chi connectivity index (χ2n) is 12.8. The van der Waals surface area contributed by atoms with Crippen molar-refractivity contribution in [3.05, 3.63) is 14.8 Å². The smallest absolute Gasteiger partial charge is 0.390 e. The van der Waals surface area contributed by atoms with Crippen LogP contribution in [0.4, 0.5) is 5.95 Å². The Hall–Kier alpha value is -1.51. The molecule has 33 heavy (non-hydrogen) atoms. The Morgan fingerprint density at radius 3 is 2.06 bits per heavy atom. The number of nitro groups is 1. The average Bonchev–Trinajstić information content (AvgIpc) is 3.14. The first kappa shape index (κ1) is 20.8. The maximum Gasteiger partial charge on any atom is 0.492 e. The number of hydrogen-bond acceptors (Lipinski definition) is 5. The SMILES string of the molecule is CN(C(=O)C12C[C@H]3C[C@@H](C1)CC(n1nc([N+](=O)[O-])nc1Br)(C3)C2)C12CC3CC(CC(C3)C1)C2. The maximum atomic E-state index is 14.4. The molecule has 0 aromatic carbocycles. The van der Waals surface area contributed by atoms with Gasteiger partial charge in [-0.2, -0.15) is 4.68 Å². The summed E-state index contributed by atoms with van der Waals surface area (Å²) in [6.07, 6.45) is 13.4. The molecule has 1 aromatic heterocycles. The lowest BCUT2D eigenvalue weighted by atomic mass is 9.46. The molecule has 9 heteroatoms. The number of nitrogens with zero attached hydrogens (tertiary/aromatic N) is 5. The Balaban J connectivity index is 1.24. The van der Waals surface area contributed by atoms with E-state index >= 15 is 0 Å². The predicted octanol–water partition coefficient (Wildman–Crippen LogP) is 4.67. The van der Waals surface area contributed by atoms with Crippen LogP contribution in [0.1, 0.15) is 77.0 Å². The van der Waals surface area contributed by atoms with Crippen LogP contribution >= 0.6 is 15.9 Å². The van der Waals surface area contributed by atoms with Crippen molar-refractivity contribution in [2.24, 2.45) is 35.0 Å². The Bertz CT molecular complexity index is 1000. The molecule has 0 N–H and O–H groups in total. The highest BCUT2D eigenvalue weighted by atomic mass is 79.9. The monoisotopic (exact) mass is 517 g/mol. The molecule has 1 amide bonds. The number of halogens is 1. The molecule has 9 rings (SSSR count). The number of amides is 1. The van der Waals surface area contributed by atoms with Gasteiger partial charge in [-0.05, 0) is 117 Å². The average molecular weight is 518 g/mol. The summed E-state index contributed by atoms with van der Waals surface area (Å²) >= 11 is 3.46. The Kier molecular flexibility index (Phi) is 4.15. The molecule has 8 aliphatic carbocycles. The number of carbonyl (C=O) groups excluding carboxylic acids is 1.